The van der Waals surface area contributed by atoms with Crippen LogP contribution in [0.3, 0.4) is 0 Å². The van der Waals surface area contributed by atoms with E-state index in [0.717, 1.165) is 24.5 Å². The van der Waals surface area contributed by atoms with E-state index in [2.05, 4.69) is 19.1 Å². The third kappa shape index (κ3) is 5.44. The summed E-state index contributed by atoms with van der Waals surface area (Å²) >= 11 is 0. The predicted molar refractivity (Wildman–Crippen MR) is 95.2 cm³/mol. The van der Waals surface area contributed by atoms with Crippen LogP contribution in [0.15, 0.2) is 48.5 Å². The van der Waals surface area contributed by atoms with Crippen LogP contribution in [0.4, 0.5) is 5.69 Å². The first-order chi connectivity index (χ1) is 10.8. The fraction of sp³-hybridized carbons (Fsp3) is 0.400. The number of nitrogen functional groups attached to an aromatic ring is 1. The minimum atomic E-state index is 0.794. The van der Waals surface area contributed by atoms with E-state index in [0.29, 0.717) is 0 Å². The van der Waals surface area contributed by atoms with Crippen molar-refractivity contribution in [2.75, 3.05) is 12.3 Å². The third-order valence-electron chi connectivity index (χ3n) is 3.86. The number of benzene rings is 2. The van der Waals surface area contributed by atoms with Crippen LogP contribution in [0.25, 0.3) is 11.1 Å². The molecule has 0 aliphatic rings. The summed E-state index contributed by atoms with van der Waals surface area (Å²) in [4.78, 5) is 0. The van der Waals surface area contributed by atoms with Crippen LogP contribution < -0.4 is 10.5 Å². The highest BCUT2D eigenvalue weighted by molar-refractivity contribution is 5.66. The van der Waals surface area contributed by atoms with E-state index in [1.165, 1.54) is 43.2 Å². The topological polar surface area (TPSA) is 35.2 Å². The molecule has 2 nitrogen and oxygen atoms in total. The zero-order valence-electron chi connectivity index (χ0n) is 13.6. The van der Waals surface area contributed by atoms with Crippen molar-refractivity contribution in [3.8, 4) is 16.9 Å². The normalized spacial score (nSPS) is 10.6. The molecule has 0 amide bonds. The third-order valence-corrected chi connectivity index (χ3v) is 3.86. The van der Waals surface area contributed by atoms with Crippen molar-refractivity contribution in [1.82, 2.24) is 0 Å². The van der Waals surface area contributed by atoms with Crippen LogP contribution >= 0.6 is 0 Å². The van der Waals surface area contributed by atoms with Gasteiger partial charge in [-0.15, -0.1) is 0 Å². The van der Waals surface area contributed by atoms with E-state index in [4.69, 9.17) is 10.5 Å². The Morgan fingerprint density at radius 1 is 0.727 bits per heavy atom. The van der Waals surface area contributed by atoms with Gasteiger partial charge in [0.1, 0.15) is 5.75 Å². The van der Waals surface area contributed by atoms with E-state index in [1.54, 1.807) is 0 Å². The van der Waals surface area contributed by atoms with E-state index in [9.17, 15) is 0 Å². The summed E-state index contributed by atoms with van der Waals surface area (Å²) in [5.41, 5.74) is 8.87. The molecule has 0 radical (unpaired) electrons. The summed E-state index contributed by atoms with van der Waals surface area (Å²) in [6, 6.07) is 16.2. The van der Waals surface area contributed by atoms with Gasteiger partial charge in [0.2, 0.25) is 0 Å². The summed E-state index contributed by atoms with van der Waals surface area (Å²) in [5.74, 6) is 0.952. The maximum atomic E-state index is 5.80. The van der Waals surface area contributed by atoms with Gasteiger partial charge in [-0.05, 0) is 41.8 Å². The molecule has 0 spiro atoms. The average Bonchev–Trinajstić information content (AvgIpc) is 2.55. The first-order valence-corrected chi connectivity index (χ1v) is 8.38. The maximum absolute atomic E-state index is 5.80. The molecule has 0 aromatic heterocycles. The molecule has 2 rings (SSSR count). The quantitative estimate of drug-likeness (QED) is 0.477. The lowest BCUT2D eigenvalue weighted by atomic mass is 10.1. The SMILES string of the molecule is CCCCCCCCOc1ccc(-c2ccc(N)cc2)cc1. The number of hydrogen-bond donors (Lipinski definition) is 1. The van der Waals surface area contributed by atoms with Crippen LogP contribution in [-0.2, 0) is 0 Å². The van der Waals surface area contributed by atoms with Crippen molar-refractivity contribution in [3.63, 3.8) is 0 Å². The molecule has 0 heterocycles. The molecule has 0 aliphatic carbocycles. The van der Waals surface area contributed by atoms with Crippen LogP contribution in [0, 0.1) is 0 Å². The van der Waals surface area contributed by atoms with E-state index < -0.39 is 0 Å². The fourth-order valence-electron chi connectivity index (χ4n) is 2.49. The lowest BCUT2D eigenvalue weighted by molar-refractivity contribution is 0.304. The first-order valence-electron chi connectivity index (χ1n) is 8.38. The Morgan fingerprint density at radius 2 is 1.27 bits per heavy atom. The molecule has 22 heavy (non-hydrogen) atoms. The second-order valence-electron chi connectivity index (χ2n) is 5.76. The molecule has 2 aromatic carbocycles. The van der Waals surface area contributed by atoms with E-state index in [-0.39, 0.29) is 0 Å². The summed E-state index contributed by atoms with van der Waals surface area (Å²) < 4.78 is 5.80. The summed E-state index contributed by atoms with van der Waals surface area (Å²) in [7, 11) is 0. The number of ether oxygens (including phenoxy) is 1. The molecule has 0 bridgehead atoms. The Kier molecular flexibility index (Phi) is 6.82. The van der Waals surface area contributed by atoms with E-state index in [1.807, 2.05) is 36.4 Å². The number of hydrogen-bond acceptors (Lipinski definition) is 2. The van der Waals surface area contributed by atoms with E-state index >= 15 is 0 Å². The molecule has 0 atom stereocenters. The lowest BCUT2D eigenvalue weighted by Gasteiger charge is -2.08. The van der Waals surface area contributed by atoms with Gasteiger partial charge in [0.15, 0.2) is 0 Å². The number of rotatable bonds is 9. The summed E-state index contributed by atoms with van der Waals surface area (Å²) in [6.45, 7) is 3.06. The molecular weight excluding hydrogens is 270 g/mol. The van der Waals surface area contributed by atoms with Crippen LogP contribution in [0.5, 0.6) is 5.75 Å². The van der Waals surface area contributed by atoms with Gasteiger partial charge in [0.25, 0.3) is 0 Å². The zero-order chi connectivity index (χ0) is 15.6. The Hall–Kier alpha value is -1.96. The van der Waals surface area contributed by atoms with Gasteiger partial charge in [-0.25, -0.2) is 0 Å². The molecule has 2 aromatic rings. The molecule has 118 valence electrons. The minimum Gasteiger partial charge on any atom is -0.494 e. The van der Waals surface area contributed by atoms with Crippen molar-refractivity contribution in [2.45, 2.75) is 45.4 Å². The standard InChI is InChI=1S/C20H27NO/c1-2-3-4-5-6-7-16-22-20-14-10-18(11-15-20)17-8-12-19(21)13-9-17/h8-15H,2-7,16,21H2,1H3. The van der Waals surface area contributed by atoms with Crippen molar-refractivity contribution < 1.29 is 4.74 Å². The molecular formula is C20H27NO. The monoisotopic (exact) mass is 297 g/mol. The van der Waals surface area contributed by atoms with Crippen LogP contribution in [0.1, 0.15) is 45.4 Å². The smallest absolute Gasteiger partial charge is 0.119 e. The van der Waals surface area contributed by atoms with Gasteiger partial charge < -0.3 is 10.5 Å². The van der Waals surface area contributed by atoms with Crippen LogP contribution in [-0.4, -0.2) is 6.61 Å². The molecule has 0 saturated heterocycles. The van der Waals surface area contributed by atoms with Gasteiger partial charge in [0, 0.05) is 5.69 Å². The second-order valence-corrected chi connectivity index (χ2v) is 5.76. The van der Waals surface area contributed by atoms with Gasteiger partial charge >= 0.3 is 0 Å². The Morgan fingerprint density at radius 3 is 1.91 bits per heavy atom. The Bertz CT molecular complexity index is 531. The van der Waals surface area contributed by atoms with Gasteiger partial charge in [-0.2, -0.15) is 0 Å². The summed E-state index contributed by atoms with van der Waals surface area (Å²) in [5, 5.41) is 0. The van der Waals surface area contributed by atoms with Crippen molar-refractivity contribution >= 4 is 5.69 Å². The summed E-state index contributed by atoms with van der Waals surface area (Å²) in [6.07, 6.45) is 7.75. The largest absolute Gasteiger partial charge is 0.494 e. The predicted octanol–water partition coefficient (Wildman–Crippen LogP) is 5.68. The highest BCUT2D eigenvalue weighted by atomic mass is 16.5. The first kappa shape index (κ1) is 16.4. The molecule has 2 N–H and O–H groups in total. The van der Waals surface area contributed by atoms with Crippen molar-refractivity contribution in [2.24, 2.45) is 0 Å². The van der Waals surface area contributed by atoms with Crippen molar-refractivity contribution in [1.29, 1.82) is 0 Å². The van der Waals surface area contributed by atoms with Crippen molar-refractivity contribution in [3.05, 3.63) is 48.5 Å². The van der Waals surface area contributed by atoms with Gasteiger partial charge in [0.05, 0.1) is 6.61 Å². The number of unbranched alkanes of at least 4 members (excludes halogenated alkanes) is 5. The zero-order valence-corrected chi connectivity index (χ0v) is 13.6. The maximum Gasteiger partial charge on any atom is 0.119 e. The average molecular weight is 297 g/mol. The lowest BCUT2D eigenvalue weighted by Crippen LogP contribution is -1.97. The molecule has 2 heteroatoms. The number of nitrogens with two attached hydrogens (primary N) is 1. The minimum absolute atomic E-state index is 0.794. The fourth-order valence-corrected chi connectivity index (χ4v) is 2.49. The number of anilines is 1. The molecule has 0 unspecified atom stereocenters. The molecule has 0 saturated carbocycles. The molecule has 0 fully saturated rings. The Balaban J connectivity index is 1.74. The highest BCUT2D eigenvalue weighted by Crippen LogP contribution is 2.23. The van der Waals surface area contributed by atoms with Gasteiger partial charge in [-0.3, -0.25) is 0 Å². The second kappa shape index (κ2) is 9.14. The highest BCUT2D eigenvalue weighted by Gasteiger charge is 1.99. The molecule has 0 aliphatic heterocycles. The van der Waals surface area contributed by atoms with Gasteiger partial charge in [-0.1, -0.05) is 63.3 Å². The van der Waals surface area contributed by atoms with Crippen LogP contribution in [0.2, 0.25) is 0 Å². The Labute approximate surface area is 134 Å².